The van der Waals surface area contributed by atoms with Gasteiger partial charge in [0.2, 0.25) is 0 Å². The van der Waals surface area contributed by atoms with Crippen molar-refractivity contribution in [3.8, 4) is 0 Å². The topological polar surface area (TPSA) is 68.8 Å². The number of amides is 2. The fourth-order valence-corrected chi connectivity index (χ4v) is 2.94. The van der Waals surface area contributed by atoms with E-state index in [1.54, 1.807) is 0 Å². The summed E-state index contributed by atoms with van der Waals surface area (Å²) in [7, 11) is 0. The molecule has 1 aliphatic rings. The van der Waals surface area contributed by atoms with Crippen LogP contribution in [0.15, 0.2) is 29.3 Å². The van der Waals surface area contributed by atoms with Gasteiger partial charge in [-0.3, -0.25) is 0 Å². The predicted octanol–water partition coefficient (Wildman–Crippen LogP) is 4.03. The monoisotopic (exact) mass is 487 g/mol. The van der Waals surface area contributed by atoms with Crippen LogP contribution in [0.25, 0.3) is 0 Å². The van der Waals surface area contributed by atoms with Gasteiger partial charge in [-0.1, -0.05) is 19.1 Å². The van der Waals surface area contributed by atoms with Gasteiger partial charge in [0.15, 0.2) is 5.96 Å². The Balaban J connectivity index is 0.00000364. The molecule has 0 spiro atoms. The maximum Gasteiger partial charge on any atom is 0.319 e. The van der Waals surface area contributed by atoms with Gasteiger partial charge in [0.25, 0.3) is 0 Å². The summed E-state index contributed by atoms with van der Waals surface area (Å²) in [5, 5.41) is 9.05. The van der Waals surface area contributed by atoms with Crippen LogP contribution in [0, 0.1) is 5.92 Å². The molecule has 0 aromatic heterocycles. The first kappa shape index (κ1) is 23.5. The van der Waals surface area contributed by atoms with Crippen molar-refractivity contribution in [3.63, 3.8) is 0 Å². The van der Waals surface area contributed by atoms with E-state index in [-0.39, 0.29) is 36.0 Å². The molecule has 0 radical (unpaired) electrons. The maximum absolute atomic E-state index is 11.7. The van der Waals surface area contributed by atoms with Crippen molar-refractivity contribution in [2.24, 2.45) is 10.9 Å². The molecule has 1 heterocycles. The molecular formula is C20H34IN5O. The van der Waals surface area contributed by atoms with Crippen LogP contribution in [0.5, 0.6) is 0 Å². The number of hydrogen-bond donors (Lipinski definition) is 3. The van der Waals surface area contributed by atoms with Crippen molar-refractivity contribution in [3.05, 3.63) is 29.8 Å². The Morgan fingerprint density at radius 2 is 1.85 bits per heavy atom. The number of urea groups is 1. The van der Waals surface area contributed by atoms with Crippen LogP contribution in [0.2, 0.25) is 0 Å². The summed E-state index contributed by atoms with van der Waals surface area (Å²) in [6.07, 6.45) is 2.45. The smallest absolute Gasteiger partial charge is 0.319 e. The van der Waals surface area contributed by atoms with Crippen LogP contribution >= 0.6 is 24.0 Å². The molecule has 1 fully saturated rings. The highest BCUT2D eigenvalue weighted by Crippen LogP contribution is 2.16. The Hall–Kier alpha value is -1.51. The number of likely N-dealkylation sites (tertiary alicyclic amines) is 1. The van der Waals surface area contributed by atoms with Gasteiger partial charge < -0.3 is 20.9 Å². The van der Waals surface area contributed by atoms with Gasteiger partial charge in [0.1, 0.15) is 0 Å². The molecule has 0 atom stereocenters. The first-order chi connectivity index (χ1) is 12.5. The Kier molecular flexibility index (Phi) is 10.5. The van der Waals surface area contributed by atoms with Crippen LogP contribution in [0.1, 0.15) is 46.1 Å². The molecule has 0 unspecified atom stereocenters. The van der Waals surface area contributed by atoms with Crippen LogP contribution in [0.3, 0.4) is 0 Å². The highest BCUT2D eigenvalue weighted by atomic mass is 127. The fourth-order valence-electron chi connectivity index (χ4n) is 2.94. The highest BCUT2D eigenvalue weighted by molar-refractivity contribution is 14.0. The normalized spacial score (nSPS) is 15.3. The van der Waals surface area contributed by atoms with Gasteiger partial charge in [-0.2, -0.15) is 0 Å². The lowest BCUT2D eigenvalue weighted by atomic mass is 10.00. The minimum Gasteiger partial charge on any atom is -0.357 e. The maximum atomic E-state index is 11.7. The van der Waals surface area contributed by atoms with Gasteiger partial charge in [-0.25, -0.2) is 9.79 Å². The minimum atomic E-state index is -0.181. The number of anilines is 1. The van der Waals surface area contributed by atoms with E-state index in [1.807, 2.05) is 38.1 Å². The second-order valence-corrected chi connectivity index (χ2v) is 7.29. The summed E-state index contributed by atoms with van der Waals surface area (Å²) < 4.78 is 0. The molecule has 152 valence electrons. The van der Waals surface area contributed by atoms with Gasteiger partial charge in [-0.05, 0) is 57.2 Å². The fraction of sp³-hybridized carbons (Fsp3) is 0.600. The summed E-state index contributed by atoms with van der Waals surface area (Å²) >= 11 is 0. The summed E-state index contributed by atoms with van der Waals surface area (Å²) in [5.74, 6) is 1.81. The van der Waals surface area contributed by atoms with E-state index in [0.29, 0.717) is 6.54 Å². The number of hydrogen-bond acceptors (Lipinski definition) is 2. The van der Waals surface area contributed by atoms with E-state index in [1.165, 1.54) is 12.8 Å². The quantitative estimate of drug-likeness (QED) is 0.334. The van der Waals surface area contributed by atoms with E-state index < -0.39 is 0 Å². The number of nitrogens with zero attached hydrogens (tertiary/aromatic N) is 2. The van der Waals surface area contributed by atoms with Gasteiger partial charge in [0, 0.05) is 31.4 Å². The van der Waals surface area contributed by atoms with E-state index in [4.69, 9.17) is 4.99 Å². The van der Waals surface area contributed by atoms with Crippen molar-refractivity contribution < 1.29 is 4.79 Å². The number of rotatable bonds is 5. The average Bonchev–Trinajstić information content (AvgIpc) is 2.60. The zero-order chi connectivity index (χ0) is 18.9. The Morgan fingerprint density at radius 1 is 1.22 bits per heavy atom. The number of guanidine groups is 1. The molecule has 2 rings (SSSR count). The number of carbonyl (C=O) groups excluding carboxylic acids is 1. The van der Waals surface area contributed by atoms with E-state index in [9.17, 15) is 4.79 Å². The average molecular weight is 487 g/mol. The standard InChI is InChI=1S/C20H33N5O.HI/c1-5-21-19(25-12-10-16(4)11-13-25)22-14-17-6-8-18(9-7-17)24-20(26)23-15(2)3;/h6-9,15-16H,5,10-14H2,1-4H3,(H,21,22)(H2,23,24,26);1H. The van der Waals surface area contributed by atoms with Crippen LogP contribution in [-0.4, -0.2) is 42.6 Å². The molecule has 1 aliphatic heterocycles. The van der Waals surface area contributed by atoms with Crippen molar-refractivity contribution in [2.75, 3.05) is 25.0 Å². The number of piperidine rings is 1. The third-order valence-electron chi connectivity index (χ3n) is 4.46. The molecule has 1 aromatic carbocycles. The molecular weight excluding hydrogens is 453 g/mol. The largest absolute Gasteiger partial charge is 0.357 e. The van der Waals surface area contributed by atoms with Crippen LogP contribution in [0.4, 0.5) is 10.5 Å². The van der Waals surface area contributed by atoms with E-state index in [0.717, 1.165) is 42.8 Å². The second-order valence-electron chi connectivity index (χ2n) is 7.29. The van der Waals surface area contributed by atoms with E-state index >= 15 is 0 Å². The zero-order valence-electron chi connectivity index (χ0n) is 16.9. The molecule has 0 saturated carbocycles. The lowest BCUT2D eigenvalue weighted by Crippen LogP contribution is -2.45. The summed E-state index contributed by atoms with van der Waals surface area (Å²) in [6, 6.07) is 7.79. The summed E-state index contributed by atoms with van der Waals surface area (Å²) in [4.78, 5) is 18.9. The number of halogens is 1. The number of carbonyl (C=O) groups is 1. The molecule has 7 heteroatoms. The van der Waals surface area contributed by atoms with Crippen LogP contribution in [-0.2, 0) is 6.54 Å². The molecule has 0 bridgehead atoms. The van der Waals surface area contributed by atoms with Crippen molar-refractivity contribution in [1.82, 2.24) is 15.5 Å². The minimum absolute atomic E-state index is 0. The van der Waals surface area contributed by atoms with Gasteiger partial charge in [0.05, 0.1) is 6.54 Å². The molecule has 1 aromatic rings. The van der Waals surface area contributed by atoms with E-state index in [2.05, 4.69) is 34.7 Å². The number of benzene rings is 1. The molecule has 6 nitrogen and oxygen atoms in total. The Morgan fingerprint density at radius 3 is 2.41 bits per heavy atom. The lowest BCUT2D eigenvalue weighted by molar-refractivity contribution is 0.250. The van der Waals surface area contributed by atoms with Crippen LogP contribution < -0.4 is 16.0 Å². The lowest BCUT2D eigenvalue weighted by Gasteiger charge is -2.33. The second kappa shape index (κ2) is 12.0. The first-order valence-electron chi connectivity index (χ1n) is 9.67. The van der Waals surface area contributed by atoms with Crippen molar-refractivity contribution in [1.29, 1.82) is 0 Å². The Bertz CT molecular complexity index is 595. The van der Waals surface area contributed by atoms with Crippen molar-refractivity contribution >= 4 is 41.7 Å². The first-order valence-corrected chi connectivity index (χ1v) is 9.67. The SMILES string of the molecule is CCNC(=NCc1ccc(NC(=O)NC(C)C)cc1)N1CCC(C)CC1.I. The Labute approximate surface area is 180 Å². The third kappa shape index (κ3) is 8.36. The predicted molar refractivity (Wildman–Crippen MR) is 124 cm³/mol. The molecule has 0 aliphatic carbocycles. The van der Waals surface area contributed by atoms with Gasteiger partial charge >= 0.3 is 6.03 Å². The number of aliphatic imine (C=N–C) groups is 1. The molecule has 2 amide bonds. The molecule has 1 saturated heterocycles. The molecule has 27 heavy (non-hydrogen) atoms. The van der Waals surface area contributed by atoms with Gasteiger partial charge in [-0.15, -0.1) is 24.0 Å². The summed E-state index contributed by atoms with van der Waals surface area (Å²) in [6.45, 7) is 11.9. The highest BCUT2D eigenvalue weighted by Gasteiger charge is 2.18. The molecule has 3 N–H and O–H groups in total. The third-order valence-corrected chi connectivity index (χ3v) is 4.46. The zero-order valence-corrected chi connectivity index (χ0v) is 19.2. The summed E-state index contributed by atoms with van der Waals surface area (Å²) in [5.41, 5.74) is 1.91. The van der Waals surface area contributed by atoms with Crippen molar-refractivity contribution in [2.45, 2.75) is 53.1 Å². The number of nitrogens with one attached hydrogen (secondary N) is 3.